The molecule has 1 heterocycles. The van der Waals surface area contributed by atoms with Crippen LogP contribution in [-0.4, -0.2) is 26.0 Å². The van der Waals surface area contributed by atoms with E-state index in [0.717, 1.165) is 5.56 Å². The summed E-state index contributed by atoms with van der Waals surface area (Å²) in [5.74, 6) is 0.436. The lowest BCUT2D eigenvalue weighted by atomic mass is 10.3. The molecule has 86 valence electrons. The van der Waals surface area contributed by atoms with Gasteiger partial charge in [0.05, 0.1) is 11.5 Å². The number of hydrogen-bond donors (Lipinski definition) is 1. The van der Waals surface area contributed by atoms with E-state index in [1.165, 1.54) is 0 Å². The minimum absolute atomic E-state index is 0.0408. The van der Waals surface area contributed by atoms with Crippen LogP contribution in [0.25, 0.3) is 0 Å². The monoisotopic (exact) mass is 247 g/mol. The molecule has 1 aromatic heterocycles. The molecule has 0 saturated heterocycles. The van der Waals surface area contributed by atoms with Gasteiger partial charge in [-0.25, -0.2) is 8.42 Å². The van der Waals surface area contributed by atoms with Crippen LogP contribution in [0.1, 0.15) is 18.9 Å². The molecule has 0 aliphatic carbocycles. The molecule has 1 unspecified atom stereocenters. The van der Waals surface area contributed by atoms with Gasteiger partial charge in [0.15, 0.2) is 9.84 Å². The Kier molecular flexibility index (Phi) is 4.76. The molecule has 0 bridgehead atoms. The normalized spacial score (nSPS) is 14.0. The van der Waals surface area contributed by atoms with Gasteiger partial charge in [-0.2, -0.15) is 11.3 Å². The molecule has 1 rings (SSSR count). The van der Waals surface area contributed by atoms with Crippen molar-refractivity contribution in [2.75, 3.05) is 11.5 Å². The molecule has 0 amide bonds. The molecule has 1 aromatic rings. The summed E-state index contributed by atoms with van der Waals surface area (Å²) >= 11 is 1.59. The van der Waals surface area contributed by atoms with Gasteiger partial charge in [0.2, 0.25) is 0 Å². The SMILES string of the molecule is CC(N)CCS(=O)(=O)CCc1ccsc1. The first kappa shape index (κ1) is 12.7. The molecule has 3 nitrogen and oxygen atoms in total. The zero-order valence-corrected chi connectivity index (χ0v) is 10.5. The zero-order chi connectivity index (χ0) is 11.3. The summed E-state index contributed by atoms with van der Waals surface area (Å²) in [5.41, 5.74) is 6.63. The van der Waals surface area contributed by atoms with Crippen molar-refractivity contribution >= 4 is 21.2 Å². The van der Waals surface area contributed by atoms with E-state index >= 15 is 0 Å². The van der Waals surface area contributed by atoms with Gasteiger partial charge in [0.25, 0.3) is 0 Å². The van der Waals surface area contributed by atoms with Gasteiger partial charge < -0.3 is 5.73 Å². The summed E-state index contributed by atoms with van der Waals surface area (Å²) in [6.07, 6.45) is 1.16. The molecule has 15 heavy (non-hydrogen) atoms. The van der Waals surface area contributed by atoms with Crippen molar-refractivity contribution in [3.8, 4) is 0 Å². The first-order chi connectivity index (χ1) is 6.99. The second-order valence-electron chi connectivity index (χ2n) is 3.80. The van der Waals surface area contributed by atoms with Crippen LogP contribution in [0.2, 0.25) is 0 Å². The van der Waals surface area contributed by atoms with Crippen molar-refractivity contribution in [3.63, 3.8) is 0 Å². The average Bonchev–Trinajstić information content (AvgIpc) is 2.65. The summed E-state index contributed by atoms with van der Waals surface area (Å²) in [6, 6.07) is 1.92. The summed E-state index contributed by atoms with van der Waals surface area (Å²) in [4.78, 5) is 0. The van der Waals surface area contributed by atoms with E-state index in [1.54, 1.807) is 11.3 Å². The molecule has 0 saturated carbocycles. The average molecular weight is 247 g/mol. The van der Waals surface area contributed by atoms with Crippen LogP contribution in [-0.2, 0) is 16.3 Å². The molecule has 0 fully saturated rings. The van der Waals surface area contributed by atoms with Crippen molar-refractivity contribution < 1.29 is 8.42 Å². The summed E-state index contributed by atoms with van der Waals surface area (Å²) < 4.78 is 23.2. The fourth-order valence-electron chi connectivity index (χ4n) is 1.18. The van der Waals surface area contributed by atoms with Gasteiger partial charge in [-0.05, 0) is 42.2 Å². The standard InChI is InChI=1S/C10H17NO2S2/c1-9(11)3-6-15(12,13)7-4-10-2-5-14-8-10/h2,5,8-9H,3-4,6-7,11H2,1H3. The predicted molar refractivity (Wildman–Crippen MR) is 64.9 cm³/mol. The molecule has 5 heteroatoms. The molecular formula is C10H17NO2S2. The Labute approximate surface area is 95.2 Å². The Morgan fingerprint density at radius 3 is 2.73 bits per heavy atom. The number of rotatable bonds is 6. The van der Waals surface area contributed by atoms with Crippen LogP contribution in [0.5, 0.6) is 0 Å². The topological polar surface area (TPSA) is 60.2 Å². The number of sulfone groups is 1. The van der Waals surface area contributed by atoms with Crippen LogP contribution in [0, 0.1) is 0 Å². The first-order valence-corrected chi connectivity index (χ1v) is 7.73. The van der Waals surface area contributed by atoms with Crippen molar-refractivity contribution in [1.29, 1.82) is 0 Å². The fraction of sp³-hybridized carbons (Fsp3) is 0.600. The fourth-order valence-corrected chi connectivity index (χ4v) is 3.36. The Morgan fingerprint density at radius 2 is 2.20 bits per heavy atom. The molecule has 2 N–H and O–H groups in total. The van der Waals surface area contributed by atoms with E-state index < -0.39 is 9.84 Å². The minimum Gasteiger partial charge on any atom is -0.328 e. The van der Waals surface area contributed by atoms with E-state index in [1.807, 2.05) is 23.8 Å². The second kappa shape index (κ2) is 5.63. The summed E-state index contributed by atoms with van der Waals surface area (Å²) in [6.45, 7) is 1.83. The lowest BCUT2D eigenvalue weighted by Crippen LogP contribution is -2.22. The molecular weight excluding hydrogens is 230 g/mol. The van der Waals surface area contributed by atoms with Crippen LogP contribution >= 0.6 is 11.3 Å². The highest BCUT2D eigenvalue weighted by Gasteiger charge is 2.11. The van der Waals surface area contributed by atoms with Gasteiger partial charge >= 0.3 is 0 Å². The van der Waals surface area contributed by atoms with E-state index in [0.29, 0.717) is 12.8 Å². The second-order valence-corrected chi connectivity index (χ2v) is 6.88. The molecule has 0 aliphatic heterocycles. The maximum absolute atomic E-state index is 11.6. The number of thiophene rings is 1. The van der Waals surface area contributed by atoms with Crippen molar-refractivity contribution in [2.45, 2.75) is 25.8 Å². The van der Waals surface area contributed by atoms with Crippen LogP contribution in [0.3, 0.4) is 0 Å². The lowest BCUT2D eigenvalue weighted by Gasteiger charge is -2.05. The maximum atomic E-state index is 11.6. The molecule has 0 aliphatic rings. The smallest absolute Gasteiger partial charge is 0.150 e. The third kappa shape index (κ3) is 5.30. The minimum atomic E-state index is -2.93. The third-order valence-electron chi connectivity index (χ3n) is 2.17. The predicted octanol–water partition coefficient (Wildman–Crippen LogP) is 1.44. The molecule has 0 spiro atoms. The van der Waals surface area contributed by atoms with E-state index in [-0.39, 0.29) is 17.5 Å². The number of nitrogens with two attached hydrogens (primary N) is 1. The van der Waals surface area contributed by atoms with Gasteiger partial charge in [-0.15, -0.1) is 0 Å². The van der Waals surface area contributed by atoms with Gasteiger partial charge in [0, 0.05) is 6.04 Å². The molecule has 1 atom stereocenters. The maximum Gasteiger partial charge on any atom is 0.150 e. The number of aryl methyl sites for hydroxylation is 1. The quantitative estimate of drug-likeness (QED) is 0.827. The highest BCUT2D eigenvalue weighted by Crippen LogP contribution is 2.08. The zero-order valence-electron chi connectivity index (χ0n) is 8.85. The molecule has 0 aromatic carbocycles. The molecule has 0 radical (unpaired) electrons. The Hall–Kier alpha value is -0.390. The van der Waals surface area contributed by atoms with Crippen molar-refractivity contribution in [1.82, 2.24) is 0 Å². The van der Waals surface area contributed by atoms with Crippen LogP contribution in [0.4, 0.5) is 0 Å². The van der Waals surface area contributed by atoms with Crippen LogP contribution in [0.15, 0.2) is 16.8 Å². The highest BCUT2D eigenvalue weighted by atomic mass is 32.2. The first-order valence-electron chi connectivity index (χ1n) is 4.97. The Bertz CT molecular complexity index is 368. The van der Waals surface area contributed by atoms with Gasteiger partial charge in [-0.3, -0.25) is 0 Å². The van der Waals surface area contributed by atoms with Crippen LogP contribution < -0.4 is 5.73 Å². The van der Waals surface area contributed by atoms with Gasteiger partial charge in [-0.1, -0.05) is 0 Å². The van der Waals surface area contributed by atoms with E-state index in [4.69, 9.17) is 5.73 Å². The largest absolute Gasteiger partial charge is 0.328 e. The van der Waals surface area contributed by atoms with Crippen molar-refractivity contribution in [2.24, 2.45) is 5.73 Å². The van der Waals surface area contributed by atoms with E-state index in [2.05, 4.69) is 0 Å². The third-order valence-corrected chi connectivity index (χ3v) is 4.58. The summed E-state index contributed by atoms with van der Waals surface area (Å²) in [5, 5.41) is 3.95. The Balaban J connectivity index is 2.37. The number of hydrogen-bond acceptors (Lipinski definition) is 4. The van der Waals surface area contributed by atoms with E-state index in [9.17, 15) is 8.42 Å². The van der Waals surface area contributed by atoms with Crippen molar-refractivity contribution in [3.05, 3.63) is 22.4 Å². The van der Waals surface area contributed by atoms with Gasteiger partial charge in [0.1, 0.15) is 0 Å². The lowest BCUT2D eigenvalue weighted by molar-refractivity contribution is 0.587. The highest BCUT2D eigenvalue weighted by molar-refractivity contribution is 7.91. The Morgan fingerprint density at radius 1 is 1.47 bits per heavy atom. The summed E-state index contributed by atoms with van der Waals surface area (Å²) in [7, 11) is -2.93.